The lowest BCUT2D eigenvalue weighted by atomic mass is 10.1. The fourth-order valence-electron chi connectivity index (χ4n) is 4.16. The number of anilines is 3. The van der Waals surface area contributed by atoms with Gasteiger partial charge in [-0.15, -0.1) is 0 Å². The van der Waals surface area contributed by atoms with Gasteiger partial charge in [0, 0.05) is 30.0 Å². The van der Waals surface area contributed by atoms with Crippen LogP contribution in [0, 0.1) is 0 Å². The normalized spacial score (nSPS) is 15.2. The van der Waals surface area contributed by atoms with Crippen molar-refractivity contribution in [2.75, 3.05) is 30.8 Å². The quantitative estimate of drug-likeness (QED) is 0.306. The van der Waals surface area contributed by atoms with E-state index in [1.165, 1.54) is 0 Å². The summed E-state index contributed by atoms with van der Waals surface area (Å²) in [5.74, 6) is 2.13. The van der Waals surface area contributed by atoms with E-state index in [2.05, 4.69) is 25.9 Å². The van der Waals surface area contributed by atoms with Gasteiger partial charge >= 0.3 is 0 Å². The molecule has 1 fully saturated rings. The van der Waals surface area contributed by atoms with Crippen molar-refractivity contribution in [1.29, 1.82) is 0 Å². The molecule has 4 aromatic rings. The number of benzene rings is 1. The van der Waals surface area contributed by atoms with Crippen molar-refractivity contribution in [3.05, 3.63) is 60.6 Å². The van der Waals surface area contributed by atoms with Gasteiger partial charge < -0.3 is 26.4 Å². The summed E-state index contributed by atoms with van der Waals surface area (Å²) < 4.78 is 5.55. The number of methoxy groups -OCH3 is 1. The summed E-state index contributed by atoms with van der Waals surface area (Å²) >= 11 is 0. The molecule has 0 unspecified atom stereocenters. The molecule has 1 aromatic carbocycles. The van der Waals surface area contributed by atoms with Gasteiger partial charge in [0.05, 0.1) is 36.8 Å². The molecule has 3 aromatic heterocycles. The third-order valence-electron chi connectivity index (χ3n) is 5.79. The van der Waals surface area contributed by atoms with Crippen molar-refractivity contribution in [3.8, 4) is 17.1 Å². The summed E-state index contributed by atoms with van der Waals surface area (Å²) in [6.07, 6.45) is 6.27. The van der Waals surface area contributed by atoms with Crippen LogP contribution in [0.2, 0.25) is 0 Å². The average molecular weight is 471 g/mol. The smallest absolute Gasteiger partial charge is 0.221 e. The second kappa shape index (κ2) is 9.90. The Morgan fingerprint density at radius 3 is 2.94 bits per heavy atom. The van der Waals surface area contributed by atoms with E-state index in [1.807, 2.05) is 36.4 Å². The first-order valence-corrected chi connectivity index (χ1v) is 11.4. The second-order valence-electron chi connectivity index (χ2n) is 8.36. The minimum atomic E-state index is -0.375. The molecule has 0 aliphatic carbocycles. The zero-order valence-electron chi connectivity index (χ0n) is 19.3. The summed E-state index contributed by atoms with van der Waals surface area (Å²) in [5, 5.41) is 11.0. The number of rotatable bonds is 8. The first-order valence-electron chi connectivity index (χ1n) is 11.4. The lowest BCUT2D eigenvalue weighted by molar-refractivity contribution is -0.117. The Morgan fingerprint density at radius 1 is 1.23 bits per heavy atom. The largest absolute Gasteiger partial charge is 0.494 e. The highest BCUT2D eigenvalue weighted by molar-refractivity contribution is 5.95. The molecule has 0 radical (unpaired) electrons. The van der Waals surface area contributed by atoms with Crippen molar-refractivity contribution in [1.82, 2.24) is 25.3 Å². The molecule has 4 heterocycles. The van der Waals surface area contributed by atoms with Crippen LogP contribution in [0.15, 0.2) is 55.0 Å². The molecular weight excluding hydrogens is 444 g/mol. The van der Waals surface area contributed by atoms with Gasteiger partial charge in [-0.25, -0.2) is 15.0 Å². The van der Waals surface area contributed by atoms with Crippen LogP contribution in [0.5, 0.6) is 5.75 Å². The first kappa shape index (κ1) is 22.5. The Labute approximate surface area is 202 Å². The van der Waals surface area contributed by atoms with E-state index in [-0.39, 0.29) is 18.4 Å². The molecule has 1 aliphatic rings. The van der Waals surface area contributed by atoms with Crippen molar-refractivity contribution in [3.63, 3.8) is 0 Å². The summed E-state index contributed by atoms with van der Waals surface area (Å²) in [6, 6.07) is 11.5. The Morgan fingerprint density at radius 2 is 2.14 bits per heavy atom. The molecule has 35 heavy (non-hydrogen) atoms. The lowest BCUT2D eigenvalue weighted by Gasteiger charge is -2.17. The van der Waals surface area contributed by atoms with Crippen LogP contribution in [0.3, 0.4) is 0 Å². The molecule has 178 valence electrons. The lowest BCUT2D eigenvalue weighted by Crippen LogP contribution is -2.23. The summed E-state index contributed by atoms with van der Waals surface area (Å²) in [5.41, 5.74) is 8.45. The maximum absolute atomic E-state index is 11.3. The van der Waals surface area contributed by atoms with Gasteiger partial charge in [-0.1, -0.05) is 12.1 Å². The third-order valence-corrected chi connectivity index (χ3v) is 5.79. The van der Waals surface area contributed by atoms with Crippen molar-refractivity contribution >= 4 is 34.1 Å². The van der Waals surface area contributed by atoms with Crippen LogP contribution in [-0.4, -0.2) is 52.1 Å². The van der Waals surface area contributed by atoms with E-state index in [4.69, 9.17) is 20.4 Å². The van der Waals surface area contributed by atoms with E-state index in [0.29, 0.717) is 28.7 Å². The van der Waals surface area contributed by atoms with E-state index >= 15 is 0 Å². The predicted molar refractivity (Wildman–Crippen MR) is 135 cm³/mol. The number of primary amides is 1. The molecule has 0 bridgehead atoms. The Kier molecular flexibility index (Phi) is 6.36. The van der Waals surface area contributed by atoms with Gasteiger partial charge in [0.15, 0.2) is 5.82 Å². The average Bonchev–Trinajstić information content (AvgIpc) is 3.36. The van der Waals surface area contributed by atoms with Gasteiger partial charge in [0.25, 0.3) is 0 Å². The minimum absolute atomic E-state index is 0.178. The van der Waals surface area contributed by atoms with Gasteiger partial charge in [0.1, 0.15) is 17.4 Å². The molecule has 5 rings (SSSR count). The summed E-state index contributed by atoms with van der Waals surface area (Å²) in [4.78, 5) is 29.6. The van der Waals surface area contributed by atoms with Crippen LogP contribution in [0.25, 0.3) is 22.3 Å². The number of fused-ring (bicyclic) bond motifs is 1. The number of amides is 1. The molecule has 1 amide bonds. The number of hydrogen-bond donors (Lipinski definition) is 4. The Balaban J connectivity index is 1.49. The third kappa shape index (κ3) is 5.12. The highest BCUT2D eigenvalue weighted by Crippen LogP contribution is 2.32. The van der Waals surface area contributed by atoms with E-state index in [9.17, 15) is 4.79 Å². The molecule has 0 spiro atoms. The molecule has 10 nitrogen and oxygen atoms in total. The van der Waals surface area contributed by atoms with Crippen molar-refractivity contribution in [2.24, 2.45) is 5.73 Å². The molecular formula is C25H26N8O2. The number of aromatic nitrogens is 4. The van der Waals surface area contributed by atoms with Crippen LogP contribution < -0.4 is 26.4 Å². The van der Waals surface area contributed by atoms with E-state index < -0.39 is 0 Å². The molecule has 5 N–H and O–H groups in total. The molecule has 1 aliphatic heterocycles. The maximum Gasteiger partial charge on any atom is 0.221 e. The number of nitrogens with zero attached hydrogens (tertiary/aromatic N) is 4. The predicted octanol–water partition coefficient (Wildman–Crippen LogP) is 2.64. The topological polar surface area (TPSA) is 140 Å². The van der Waals surface area contributed by atoms with Gasteiger partial charge in [-0.05, 0) is 42.8 Å². The maximum atomic E-state index is 11.3. The highest BCUT2D eigenvalue weighted by Gasteiger charge is 2.20. The van der Waals surface area contributed by atoms with E-state index in [0.717, 1.165) is 41.7 Å². The fourth-order valence-corrected chi connectivity index (χ4v) is 4.16. The number of hydrogen-bond acceptors (Lipinski definition) is 9. The minimum Gasteiger partial charge on any atom is -0.494 e. The number of pyridine rings is 2. The van der Waals surface area contributed by atoms with E-state index in [1.54, 1.807) is 25.7 Å². The van der Waals surface area contributed by atoms with Gasteiger partial charge in [0.2, 0.25) is 5.91 Å². The standard InChI is InChI=1S/C25H26N8O2/c1-35-20-14-28-13-19-23(20)25(31-18-6-7-27-12-18)33-24(32-19)16-5-8-29-22(11-16)30-17-4-2-3-15(9-17)10-21(26)34/h2-5,8-9,11,13-14,18,27H,6-7,10,12H2,1H3,(H2,26,34)(H,29,30)(H,31,32,33)/t18-/m1/s1. The monoisotopic (exact) mass is 470 g/mol. The van der Waals surface area contributed by atoms with Crippen LogP contribution >= 0.6 is 0 Å². The zero-order chi connectivity index (χ0) is 24.2. The van der Waals surface area contributed by atoms with Gasteiger partial charge in [-0.2, -0.15) is 0 Å². The molecule has 1 atom stereocenters. The van der Waals surface area contributed by atoms with Crippen LogP contribution in [0.1, 0.15) is 12.0 Å². The van der Waals surface area contributed by atoms with Crippen molar-refractivity contribution < 1.29 is 9.53 Å². The number of carbonyl (C=O) groups is 1. The Bertz CT molecular complexity index is 1370. The number of nitrogens with two attached hydrogens (primary N) is 1. The zero-order valence-corrected chi connectivity index (χ0v) is 19.3. The first-order chi connectivity index (χ1) is 17.1. The number of carbonyl (C=O) groups excluding carboxylic acids is 1. The Hall–Kier alpha value is -4.31. The number of nitrogens with one attached hydrogen (secondary N) is 3. The SMILES string of the molecule is COc1cncc2nc(-c3ccnc(Nc4cccc(CC(N)=O)c4)c3)nc(N[C@@H]3CCNC3)c12. The van der Waals surface area contributed by atoms with Crippen LogP contribution in [-0.2, 0) is 11.2 Å². The number of ether oxygens (including phenoxy) is 1. The van der Waals surface area contributed by atoms with Gasteiger partial charge in [-0.3, -0.25) is 9.78 Å². The van der Waals surface area contributed by atoms with Crippen LogP contribution in [0.4, 0.5) is 17.3 Å². The second-order valence-corrected chi connectivity index (χ2v) is 8.36. The summed E-state index contributed by atoms with van der Waals surface area (Å²) in [7, 11) is 1.62. The fraction of sp³-hybridized carbons (Fsp3) is 0.240. The summed E-state index contributed by atoms with van der Waals surface area (Å²) in [6.45, 7) is 1.83. The molecule has 0 saturated carbocycles. The molecule has 10 heteroatoms. The van der Waals surface area contributed by atoms with Crippen molar-refractivity contribution in [2.45, 2.75) is 18.9 Å². The molecule has 1 saturated heterocycles. The highest BCUT2D eigenvalue weighted by atomic mass is 16.5.